The number of carbonyl (C=O) groups is 1. The second-order valence-corrected chi connectivity index (χ2v) is 8.14. The predicted molar refractivity (Wildman–Crippen MR) is 119 cm³/mol. The van der Waals surface area contributed by atoms with Gasteiger partial charge in [0.15, 0.2) is 11.5 Å². The first kappa shape index (κ1) is 19.6. The number of hydrogen-bond acceptors (Lipinski definition) is 4. The number of nitrogens with two attached hydrogens (primary N) is 1. The molecule has 0 bridgehead atoms. The van der Waals surface area contributed by atoms with E-state index in [-0.39, 0.29) is 26.5 Å². The van der Waals surface area contributed by atoms with Gasteiger partial charge in [-0.2, -0.15) is 0 Å². The predicted octanol–water partition coefficient (Wildman–Crippen LogP) is 4.90. The maximum atomic E-state index is 14.3. The Bertz CT molecular complexity index is 1190. The van der Waals surface area contributed by atoms with Crippen molar-refractivity contribution in [2.75, 3.05) is 12.1 Å². The first-order valence-electron chi connectivity index (χ1n) is 10.3. The molecular formula is C25H25FN2O3. The molecule has 0 saturated heterocycles. The van der Waals surface area contributed by atoms with Gasteiger partial charge in [-0.05, 0) is 72.4 Å². The molecule has 1 amide bonds. The zero-order chi connectivity index (χ0) is 21.6. The number of ether oxygens (including phenoxy) is 2. The summed E-state index contributed by atoms with van der Waals surface area (Å²) in [4.78, 5) is 13.2. The van der Waals surface area contributed by atoms with Crippen LogP contribution in [0.1, 0.15) is 31.0 Å². The topological polar surface area (TPSA) is 73.6 Å². The fraction of sp³-hybridized carbons (Fsp3) is 0.240. The molecule has 2 aliphatic rings. The highest BCUT2D eigenvalue weighted by atomic mass is 19.1. The van der Waals surface area contributed by atoms with Gasteiger partial charge in [0.2, 0.25) is 12.7 Å². The second kappa shape index (κ2) is 7.39. The van der Waals surface area contributed by atoms with E-state index in [1.54, 1.807) is 6.07 Å². The van der Waals surface area contributed by atoms with E-state index in [2.05, 4.69) is 5.32 Å². The number of aryl methyl sites for hydroxylation is 1. The molecule has 5 rings (SSSR count). The van der Waals surface area contributed by atoms with Crippen molar-refractivity contribution in [3.05, 3.63) is 77.1 Å². The second-order valence-electron chi connectivity index (χ2n) is 8.14. The normalized spacial score (nSPS) is 15.6. The fourth-order valence-electron chi connectivity index (χ4n) is 4.11. The van der Waals surface area contributed by atoms with E-state index in [1.807, 2.05) is 49.4 Å². The van der Waals surface area contributed by atoms with E-state index in [4.69, 9.17) is 15.2 Å². The molecule has 31 heavy (non-hydrogen) atoms. The van der Waals surface area contributed by atoms with Crippen LogP contribution in [0.25, 0.3) is 11.1 Å². The first-order chi connectivity index (χ1) is 15.0. The van der Waals surface area contributed by atoms with Gasteiger partial charge in [0.25, 0.3) is 0 Å². The lowest BCUT2D eigenvalue weighted by atomic mass is 9.94. The molecule has 6 heteroatoms. The van der Waals surface area contributed by atoms with E-state index in [9.17, 15) is 9.18 Å². The third-order valence-electron chi connectivity index (χ3n) is 6.19. The number of benzene rings is 3. The quantitative estimate of drug-likeness (QED) is 0.615. The van der Waals surface area contributed by atoms with Gasteiger partial charge in [-0.25, -0.2) is 4.39 Å². The Labute approximate surface area is 181 Å². The van der Waals surface area contributed by atoms with Crippen molar-refractivity contribution in [1.29, 1.82) is 0 Å². The Hall–Kier alpha value is -3.38. The Kier molecular flexibility index (Phi) is 4.67. The van der Waals surface area contributed by atoms with Crippen molar-refractivity contribution >= 4 is 11.6 Å². The molecule has 3 aromatic rings. The van der Waals surface area contributed by atoms with Crippen molar-refractivity contribution < 1.29 is 20.1 Å². The average molecular weight is 420 g/mol. The standard InChI is InChI=1S/C25H23FN2O3.H2/c1-15-2-6-19(12-20(15)16-3-4-17(13-27)21(26)10-16)28-24(29)25(8-9-25)18-5-7-22-23(11-18)31-14-30-22;/h2-7,10-12H,8-9,13-14,27H2,1H3,(H,28,29);1H. The van der Waals surface area contributed by atoms with Crippen LogP contribution in [0.5, 0.6) is 11.5 Å². The lowest BCUT2D eigenvalue weighted by molar-refractivity contribution is -0.118. The van der Waals surface area contributed by atoms with Gasteiger partial charge in [0.1, 0.15) is 5.82 Å². The summed E-state index contributed by atoms with van der Waals surface area (Å²) < 4.78 is 25.1. The van der Waals surface area contributed by atoms with Gasteiger partial charge in [-0.1, -0.05) is 24.3 Å². The van der Waals surface area contributed by atoms with Crippen LogP contribution in [0.3, 0.4) is 0 Å². The Morgan fingerprint density at radius 1 is 1.10 bits per heavy atom. The molecule has 3 N–H and O–H groups in total. The average Bonchev–Trinajstić information content (AvgIpc) is 3.46. The Balaban J connectivity index is 0.00000245. The summed E-state index contributed by atoms with van der Waals surface area (Å²) in [7, 11) is 0. The van der Waals surface area contributed by atoms with E-state index in [0.29, 0.717) is 22.7 Å². The largest absolute Gasteiger partial charge is 0.454 e. The minimum atomic E-state index is -0.555. The third kappa shape index (κ3) is 3.43. The first-order valence-corrected chi connectivity index (χ1v) is 10.3. The van der Waals surface area contributed by atoms with Crippen molar-refractivity contribution in [2.24, 2.45) is 5.73 Å². The summed E-state index contributed by atoms with van der Waals surface area (Å²) in [5, 5.41) is 3.06. The maximum Gasteiger partial charge on any atom is 0.235 e. The lowest BCUT2D eigenvalue weighted by Gasteiger charge is -2.17. The molecule has 0 aromatic heterocycles. The number of anilines is 1. The van der Waals surface area contributed by atoms with Crippen LogP contribution < -0.4 is 20.5 Å². The van der Waals surface area contributed by atoms with E-state index in [0.717, 1.165) is 35.1 Å². The zero-order valence-electron chi connectivity index (χ0n) is 17.2. The van der Waals surface area contributed by atoms with Gasteiger partial charge >= 0.3 is 0 Å². The van der Waals surface area contributed by atoms with Crippen molar-refractivity contribution in [1.82, 2.24) is 0 Å². The van der Waals surface area contributed by atoms with Crippen molar-refractivity contribution in [3.63, 3.8) is 0 Å². The fourth-order valence-corrected chi connectivity index (χ4v) is 4.11. The number of hydrogen-bond donors (Lipinski definition) is 2. The number of amides is 1. The molecule has 1 saturated carbocycles. The molecule has 0 spiro atoms. The van der Waals surface area contributed by atoms with Gasteiger partial charge in [-0.3, -0.25) is 4.79 Å². The minimum absolute atomic E-state index is 0. The van der Waals surface area contributed by atoms with Gasteiger partial charge < -0.3 is 20.5 Å². The SMILES string of the molecule is Cc1ccc(NC(=O)C2(c3ccc4c(c3)OCO4)CC2)cc1-c1ccc(CN)c(F)c1.[HH]. The van der Waals surface area contributed by atoms with E-state index >= 15 is 0 Å². The summed E-state index contributed by atoms with van der Waals surface area (Å²) in [6.45, 7) is 2.32. The molecule has 1 aliphatic heterocycles. The summed E-state index contributed by atoms with van der Waals surface area (Å²) in [5.41, 5.74) is 9.72. The Morgan fingerprint density at radius 2 is 1.90 bits per heavy atom. The molecule has 160 valence electrons. The maximum absolute atomic E-state index is 14.3. The highest BCUT2D eigenvalue weighted by Gasteiger charge is 2.51. The van der Waals surface area contributed by atoms with Gasteiger partial charge in [0, 0.05) is 19.2 Å². The summed E-state index contributed by atoms with van der Waals surface area (Å²) >= 11 is 0. The van der Waals surface area contributed by atoms with Crippen LogP contribution >= 0.6 is 0 Å². The summed E-state index contributed by atoms with van der Waals surface area (Å²) in [6.07, 6.45) is 1.56. The summed E-state index contributed by atoms with van der Waals surface area (Å²) in [5.74, 6) is 1.01. The zero-order valence-corrected chi connectivity index (χ0v) is 17.2. The molecule has 0 unspecified atom stereocenters. The monoisotopic (exact) mass is 420 g/mol. The Morgan fingerprint density at radius 3 is 2.65 bits per heavy atom. The molecule has 1 fully saturated rings. The van der Waals surface area contributed by atoms with Crippen LogP contribution in [0.4, 0.5) is 10.1 Å². The van der Waals surface area contributed by atoms with Crippen molar-refractivity contribution in [3.8, 4) is 22.6 Å². The molecule has 0 atom stereocenters. The molecular weight excluding hydrogens is 395 g/mol. The van der Waals surface area contributed by atoms with Gasteiger partial charge in [-0.15, -0.1) is 0 Å². The number of fused-ring (bicyclic) bond motifs is 1. The highest BCUT2D eigenvalue weighted by molar-refractivity contribution is 6.02. The van der Waals surface area contributed by atoms with Crippen LogP contribution in [-0.2, 0) is 16.8 Å². The van der Waals surface area contributed by atoms with Crippen LogP contribution in [0, 0.1) is 12.7 Å². The third-order valence-corrected chi connectivity index (χ3v) is 6.19. The molecule has 3 aromatic carbocycles. The number of carbonyl (C=O) groups excluding carboxylic acids is 1. The number of nitrogens with one attached hydrogen (secondary N) is 1. The highest BCUT2D eigenvalue weighted by Crippen LogP contribution is 2.51. The molecule has 1 aliphatic carbocycles. The summed E-state index contributed by atoms with van der Waals surface area (Å²) in [6, 6.07) is 16.4. The molecule has 1 heterocycles. The van der Waals surface area contributed by atoms with Gasteiger partial charge in [0.05, 0.1) is 5.41 Å². The number of rotatable bonds is 5. The van der Waals surface area contributed by atoms with E-state index < -0.39 is 5.41 Å². The van der Waals surface area contributed by atoms with E-state index in [1.165, 1.54) is 6.07 Å². The minimum Gasteiger partial charge on any atom is -0.454 e. The lowest BCUT2D eigenvalue weighted by Crippen LogP contribution is -2.27. The van der Waals surface area contributed by atoms with Crippen molar-refractivity contribution in [2.45, 2.75) is 31.7 Å². The van der Waals surface area contributed by atoms with Crippen LogP contribution in [0.15, 0.2) is 54.6 Å². The smallest absolute Gasteiger partial charge is 0.235 e. The molecule has 0 radical (unpaired) electrons. The molecule has 5 nitrogen and oxygen atoms in total. The van der Waals surface area contributed by atoms with Crippen LogP contribution in [-0.4, -0.2) is 12.7 Å². The van der Waals surface area contributed by atoms with Crippen LogP contribution in [0.2, 0.25) is 0 Å². The number of halogens is 1.